The standard InChI is InChI=1S/C12H12ClNO2/c13-10-6-9(5-4-8(10)7-14)16-12-3-1-2-11(12)15/h4-6,11-12,15H,1-3H2/t11-,12+/m0/s1. The summed E-state index contributed by atoms with van der Waals surface area (Å²) < 4.78 is 5.62. The molecule has 1 N–H and O–H groups in total. The topological polar surface area (TPSA) is 53.2 Å². The van der Waals surface area contributed by atoms with Crippen molar-refractivity contribution in [3.05, 3.63) is 28.8 Å². The molecule has 84 valence electrons. The molecular formula is C12H12ClNO2. The summed E-state index contributed by atoms with van der Waals surface area (Å²) in [7, 11) is 0. The van der Waals surface area contributed by atoms with Crippen molar-refractivity contribution in [2.24, 2.45) is 0 Å². The lowest BCUT2D eigenvalue weighted by molar-refractivity contribution is 0.0604. The normalized spacial score (nSPS) is 24.1. The van der Waals surface area contributed by atoms with E-state index in [1.165, 1.54) is 0 Å². The lowest BCUT2D eigenvalue weighted by atomic mass is 10.2. The highest BCUT2D eigenvalue weighted by Crippen LogP contribution is 2.27. The molecule has 0 aromatic heterocycles. The number of halogens is 1. The minimum Gasteiger partial charge on any atom is -0.488 e. The maximum atomic E-state index is 9.61. The summed E-state index contributed by atoms with van der Waals surface area (Å²) in [5, 5.41) is 18.7. The molecule has 0 amide bonds. The second-order valence-electron chi connectivity index (χ2n) is 3.91. The third kappa shape index (κ3) is 2.29. The van der Waals surface area contributed by atoms with E-state index in [2.05, 4.69) is 0 Å². The Morgan fingerprint density at radius 2 is 2.25 bits per heavy atom. The molecule has 4 heteroatoms. The summed E-state index contributed by atoms with van der Waals surface area (Å²) in [4.78, 5) is 0. The summed E-state index contributed by atoms with van der Waals surface area (Å²) in [5.41, 5.74) is 0.431. The molecule has 0 bridgehead atoms. The van der Waals surface area contributed by atoms with Crippen LogP contribution in [0.5, 0.6) is 5.75 Å². The molecule has 1 aromatic rings. The summed E-state index contributed by atoms with van der Waals surface area (Å²) in [6.45, 7) is 0. The second-order valence-corrected chi connectivity index (χ2v) is 4.32. The van der Waals surface area contributed by atoms with E-state index < -0.39 is 6.10 Å². The van der Waals surface area contributed by atoms with Crippen molar-refractivity contribution in [1.82, 2.24) is 0 Å². The maximum absolute atomic E-state index is 9.61. The number of hydrogen-bond donors (Lipinski definition) is 1. The third-order valence-corrected chi connectivity index (χ3v) is 3.08. The van der Waals surface area contributed by atoms with Gasteiger partial charge < -0.3 is 9.84 Å². The zero-order chi connectivity index (χ0) is 11.5. The fourth-order valence-electron chi connectivity index (χ4n) is 1.88. The molecule has 0 radical (unpaired) electrons. The quantitative estimate of drug-likeness (QED) is 0.860. The summed E-state index contributed by atoms with van der Waals surface area (Å²) >= 11 is 5.89. The lowest BCUT2D eigenvalue weighted by Gasteiger charge is -2.17. The minimum absolute atomic E-state index is 0.149. The van der Waals surface area contributed by atoms with E-state index in [4.69, 9.17) is 21.6 Å². The van der Waals surface area contributed by atoms with Gasteiger partial charge in [-0.2, -0.15) is 5.26 Å². The van der Waals surface area contributed by atoms with E-state index in [0.29, 0.717) is 16.3 Å². The molecule has 1 aliphatic rings. The molecule has 1 fully saturated rings. The van der Waals surface area contributed by atoms with Crippen molar-refractivity contribution in [3.63, 3.8) is 0 Å². The van der Waals surface area contributed by atoms with Crippen molar-refractivity contribution in [3.8, 4) is 11.8 Å². The van der Waals surface area contributed by atoms with E-state index in [-0.39, 0.29) is 6.10 Å². The molecule has 16 heavy (non-hydrogen) atoms. The number of aliphatic hydroxyl groups is 1. The fraction of sp³-hybridized carbons (Fsp3) is 0.417. The molecule has 0 heterocycles. The number of nitrogens with zero attached hydrogens (tertiary/aromatic N) is 1. The average Bonchev–Trinajstić information content (AvgIpc) is 2.65. The average molecular weight is 238 g/mol. The number of nitriles is 1. The van der Waals surface area contributed by atoms with Crippen LogP contribution in [0, 0.1) is 11.3 Å². The Bertz CT molecular complexity index is 428. The van der Waals surface area contributed by atoms with Gasteiger partial charge in [-0.05, 0) is 31.4 Å². The molecular weight excluding hydrogens is 226 g/mol. The van der Waals surface area contributed by atoms with Crippen LogP contribution < -0.4 is 4.74 Å². The van der Waals surface area contributed by atoms with E-state index in [0.717, 1.165) is 19.3 Å². The van der Waals surface area contributed by atoms with E-state index in [1.54, 1.807) is 18.2 Å². The first-order valence-electron chi connectivity index (χ1n) is 5.25. The van der Waals surface area contributed by atoms with Crippen LogP contribution in [-0.4, -0.2) is 17.3 Å². The van der Waals surface area contributed by atoms with Gasteiger partial charge in [-0.15, -0.1) is 0 Å². The molecule has 1 aliphatic carbocycles. The second kappa shape index (κ2) is 4.73. The Morgan fingerprint density at radius 3 is 2.81 bits per heavy atom. The number of ether oxygens (including phenoxy) is 1. The van der Waals surface area contributed by atoms with Crippen LogP contribution in [0.3, 0.4) is 0 Å². The van der Waals surface area contributed by atoms with Crippen LogP contribution in [0.25, 0.3) is 0 Å². The van der Waals surface area contributed by atoms with Gasteiger partial charge in [0.25, 0.3) is 0 Å². The largest absolute Gasteiger partial charge is 0.488 e. The number of hydrogen-bond acceptors (Lipinski definition) is 3. The van der Waals surface area contributed by atoms with Crippen LogP contribution in [0.4, 0.5) is 0 Å². The van der Waals surface area contributed by atoms with Crippen LogP contribution in [-0.2, 0) is 0 Å². The summed E-state index contributed by atoms with van der Waals surface area (Å²) in [6.07, 6.45) is 2.09. The Labute approximate surface area is 99.2 Å². The number of aliphatic hydroxyl groups excluding tert-OH is 1. The predicted molar refractivity (Wildman–Crippen MR) is 60.4 cm³/mol. The molecule has 1 saturated carbocycles. The van der Waals surface area contributed by atoms with Gasteiger partial charge in [0.05, 0.1) is 16.7 Å². The molecule has 3 nitrogen and oxygen atoms in total. The monoisotopic (exact) mass is 237 g/mol. The Kier molecular flexibility index (Phi) is 3.33. The zero-order valence-corrected chi connectivity index (χ0v) is 9.44. The number of benzene rings is 1. The van der Waals surface area contributed by atoms with Gasteiger partial charge in [0.1, 0.15) is 17.9 Å². The van der Waals surface area contributed by atoms with Gasteiger partial charge in [0.15, 0.2) is 0 Å². The van der Waals surface area contributed by atoms with Gasteiger partial charge >= 0.3 is 0 Å². The first-order chi connectivity index (χ1) is 7.70. The van der Waals surface area contributed by atoms with Crippen molar-refractivity contribution >= 4 is 11.6 Å². The number of rotatable bonds is 2. The minimum atomic E-state index is -0.394. The van der Waals surface area contributed by atoms with Crippen LogP contribution in [0.1, 0.15) is 24.8 Å². The highest BCUT2D eigenvalue weighted by molar-refractivity contribution is 6.31. The molecule has 0 aliphatic heterocycles. The third-order valence-electron chi connectivity index (χ3n) is 2.77. The van der Waals surface area contributed by atoms with E-state index in [1.807, 2.05) is 6.07 Å². The molecule has 1 aromatic carbocycles. The Hall–Kier alpha value is -1.24. The SMILES string of the molecule is N#Cc1ccc(O[C@@H]2CCC[C@@H]2O)cc1Cl. The van der Waals surface area contributed by atoms with Gasteiger partial charge in [0.2, 0.25) is 0 Å². The van der Waals surface area contributed by atoms with E-state index >= 15 is 0 Å². The van der Waals surface area contributed by atoms with Gasteiger partial charge in [0, 0.05) is 6.07 Å². The van der Waals surface area contributed by atoms with Crippen LogP contribution in [0.2, 0.25) is 5.02 Å². The predicted octanol–water partition coefficient (Wildman–Crippen LogP) is 2.50. The van der Waals surface area contributed by atoms with E-state index in [9.17, 15) is 5.11 Å². The van der Waals surface area contributed by atoms with Crippen molar-refractivity contribution in [1.29, 1.82) is 5.26 Å². The molecule has 2 atom stereocenters. The first-order valence-corrected chi connectivity index (χ1v) is 5.63. The van der Waals surface area contributed by atoms with Gasteiger partial charge in [-0.25, -0.2) is 0 Å². The highest BCUT2D eigenvalue weighted by Gasteiger charge is 2.26. The van der Waals surface area contributed by atoms with Crippen LogP contribution >= 0.6 is 11.6 Å². The Balaban J connectivity index is 2.11. The van der Waals surface area contributed by atoms with Crippen molar-refractivity contribution in [2.75, 3.05) is 0 Å². The maximum Gasteiger partial charge on any atom is 0.124 e. The lowest BCUT2D eigenvalue weighted by Crippen LogP contribution is -2.25. The van der Waals surface area contributed by atoms with Gasteiger partial charge in [-0.3, -0.25) is 0 Å². The van der Waals surface area contributed by atoms with Crippen LogP contribution in [0.15, 0.2) is 18.2 Å². The molecule has 2 rings (SSSR count). The molecule has 0 saturated heterocycles. The fourth-order valence-corrected chi connectivity index (χ4v) is 2.09. The summed E-state index contributed by atoms with van der Waals surface area (Å²) in [6, 6.07) is 6.93. The Morgan fingerprint density at radius 1 is 1.44 bits per heavy atom. The first kappa shape index (κ1) is 11.3. The summed E-state index contributed by atoms with van der Waals surface area (Å²) in [5.74, 6) is 0.606. The van der Waals surface area contributed by atoms with Crippen molar-refractivity contribution < 1.29 is 9.84 Å². The van der Waals surface area contributed by atoms with Gasteiger partial charge in [-0.1, -0.05) is 11.6 Å². The smallest absolute Gasteiger partial charge is 0.124 e. The molecule has 0 unspecified atom stereocenters. The highest BCUT2D eigenvalue weighted by atomic mass is 35.5. The molecule has 0 spiro atoms. The zero-order valence-electron chi connectivity index (χ0n) is 8.69. The van der Waals surface area contributed by atoms with Crippen molar-refractivity contribution in [2.45, 2.75) is 31.5 Å².